The normalized spacial score (nSPS) is 11.0. The zero-order chi connectivity index (χ0) is 19.9. The summed E-state index contributed by atoms with van der Waals surface area (Å²) in [5.74, 6) is -0.710. The first-order valence-electron chi connectivity index (χ1n) is 9.04. The van der Waals surface area contributed by atoms with E-state index >= 15 is 0 Å². The van der Waals surface area contributed by atoms with Gasteiger partial charge in [0.2, 0.25) is 0 Å². The lowest BCUT2D eigenvalue weighted by molar-refractivity contribution is -0.113. The molecule has 0 atom stereocenters. The molecule has 3 rings (SSSR count). The molecule has 140 valence electrons. The Kier molecular flexibility index (Phi) is 6.02. The number of nitrogens with one attached hydrogen (secondary N) is 2. The first kappa shape index (κ1) is 19.1. The van der Waals surface area contributed by atoms with Crippen LogP contribution in [0.25, 0.3) is 6.08 Å². The molecule has 0 unspecified atom stereocenters. The third-order valence-electron chi connectivity index (χ3n) is 4.19. The molecule has 3 aromatic rings. The molecule has 0 spiro atoms. The molecule has 4 nitrogen and oxygen atoms in total. The van der Waals surface area contributed by atoms with Crippen LogP contribution in [-0.4, -0.2) is 11.8 Å². The molecule has 2 amide bonds. The molecule has 0 aliphatic rings. The minimum Gasteiger partial charge on any atom is -0.321 e. The number of carbonyl (C=O) groups excluding carboxylic acids is 2. The number of rotatable bonds is 5. The van der Waals surface area contributed by atoms with Crippen LogP contribution in [-0.2, 0) is 4.79 Å². The summed E-state index contributed by atoms with van der Waals surface area (Å²) in [6.07, 6.45) is 1.66. The smallest absolute Gasteiger partial charge is 0.272 e. The maximum atomic E-state index is 12.8. The van der Waals surface area contributed by atoms with Crippen LogP contribution in [0.3, 0.4) is 0 Å². The predicted octanol–water partition coefficient (Wildman–Crippen LogP) is 4.71. The number of carbonyl (C=O) groups is 2. The maximum Gasteiger partial charge on any atom is 0.272 e. The van der Waals surface area contributed by atoms with E-state index in [1.54, 1.807) is 18.2 Å². The van der Waals surface area contributed by atoms with Crippen LogP contribution >= 0.6 is 0 Å². The highest BCUT2D eigenvalue weighted by atomic mass is 16.2. The average Bonchev–Trinajstić information content (AvgIpc) is 2.70. The maximum absolute atomic E-state index is 12.8. The van der Waals surface area contributed by atoms with Gasteiger partial charge in [-0.05, 0) is 49.8 Å². The number of benzene rings is 3. The van der Waals surface area contributed by atoms with E-state index in [0.29, 0.717) is 11.3 Å². The summed E-state index contributed by atoms with van der Waals surface area (Å²) < 4.78 is 0. The van der Waals surface area contributed by atoms with Gasteiger partial charge >= 0.3 is 0 Å². The van der Waals surface area contributed by atoms with Gasteiger partial charge < -0.3 is 10.6 Å². The summed E-state index contributed by atoms with van der Waals surface area (Å²) in [7, 11) is 0. The van der Waals surface area contributed by atoms with Gasteiger partial charge in [0, 0.05) is 11.3 Å². The van der Waals surface area contributed by atoms with Crippen LogP contribution in [0.1, 0.15) is 27.0 Å². The summed E-state index contributed by atoms with van der Waals surface area (Å²) in [5.41, 5.74) is 4.25. The zero-order valence-electron chi connectivity index (χ0n) is 15.9. The molecular formula is C24H22N2O2. The van der Waals surface area contributed by atoms with Gasteiger partial charge in [0.15, 0.2) is 0 Å². The van der Waals surface area contributed by atoms with E-state index in [9.17, 15) is 9.59 Å². The Balaban J connectivity index is 1.86. The number of hydrogen-bond acceptors (Lipinski definition) is 2. The van der Waals surface area contributed by atoms with E-state index in [4.69, 9.17) is 0 Å². The van der Waals surface area contributed by atoms with Gasteiger partial charge in [0.05, 0.1) is 0 Å². The second-order valence-electron chi connectivity index (χ2n) is 6.61. The van der Waals surface area contributed by atoms with Gasteiger partial charge in [-0.2, -0.15) is 0 Å². The molecule has 0 saturated carbocycles. The largest absolute Gasteiger partial charge is 0.321 e. The lowest BCUT2D eigenvalue weighted by Crippen LogP contribution is -2.30. The molecule has 3 aromatic carbocycles. The van der Waals surface area contributed by atoms with Crippen molar-refractivity contribution < 1.29 is 9.59 Å². The van der Waals surface area contributed by atoms with E-state index in [2.05, 4.69) is 10.6 Å². The van der Waals surface area contributed by atoms with Gasteiger partial charge in [-0.25, -0.2) is 0 Å². The molecule has 0 aliphatic carbocycles. The Morgan fingerprint density at radius 1 is 0.786 bits per heavy atom. The van der Waals surface area contributed by atoms with Crippen molar-refractivity contribution in [1.29, 1.82) is 0 Å². The molecule has 0 bridgehead atoms. The van der Waals surface area contributed by atoms with Gasteiger partial charge in [0.25, 0.3) is 11.8 Å². The first-order valence-corrected chi connectivity index (χ1v) is 9.04. The Morgan fingerprint density at radius 2 is 1.50 bits per heavy atom. The first-order chi connectivity index (χ1) is 13.5. The van der Waals surface area contributed by atoms with E-state index in [1.807, 2.05) is 80.6 Å². The van der Waals surface area contributed by atoms with Crippen molar-refractivity contribution in [2.75, 3.05) is 5.32 Å². The van der Waals surface area contributed by atoms with Crippen molar-refractivity contribution in [1.82, 2.24) is 5.32 Å². The second-order valence-corrected chi connectivity index (χ2v) is 6.61. The molecular weight excluding hydrogens is 348 g/mol. The van der Waals surface area contributed by atoms with Crippen LogP contribution in [0, 0.1) is 13.8 Å². The Labute approximate surface area is 164 Å². The SMILES string of the molecule is Cc1ccc(NC(=O)/C(=C\c2ccccc2)NC(=O)c2cccc(C)c2)cc1. The van der Waals surface area contributed by atoms with Crippen molar-refractivity contribution in [2.45, 2.75) is 13.8 Å². The lowest BCUT2D eigenvalue weighted by Gasteiger charge is -2.12. The fourth-order valence-corrected chi connectivity index (χ4v) is 2.69. The molecule has 0 aliphatic heterocycles. The summed E-state index contributed by atoms with van der Waals surface area (Å²) >= 11 is 0. The summed E-state index contributed by atoms with van der Waals surface area (Å²) in [6.45, 7) is 3.90. The molecule has 4 heteroatoms. The quantitative estimate of drug-likeness (QED) is 0.639. The van der Waals surface area contributed by atoms with Crippen molar-refractivity contribution in [3.05, 3.63) is 107 Å². The molecule has 0 aromatic heterocycles. The van der Waals surface area contributed by atoms with Gasteiger partial charge in [-0.3, -0.25) is 9.59 Å². The highest BCUT2D eigenvalue weighted by Gasteiger charge is 2.15. The number of amides is 2. The number of hydrogen-bond donors (Lipinski definition) is 2. The van der Waals surface area contributed by atoms with Crippen molar-refractivity contribution in [3.8, 4) is 0 Å². The predicted molar refractivity (Wildman–Crippen MR) is 113 cm³/mol. The minimum atomic E-state index is -0.381. The molecule has 0 fully saturated rings. The van der Waals surface area contributed by atoms with Crippen LogP contribution in [0.5, 0.6) is 0 Å². The average molecular weight is 370 g/mol. The number of aryl methyl sites for hydroxylation is 2. The van der Waals surface area contributed by atoms with Crippen LogP contribution in [0.2, 0.25) is 0 Å². The van der Waals surface area contributed by atoms with Gasteiger partial charge in [-0.1, -0.05) is 65.7 Å². The Hall–Kier alpha value is -3.66. The second kappa shape index (κ2) is 8.82. The van der Waals surface area contributed by atoms with E-state index in [-0.39, 0.29) is 17.5 Å². The van der Waals surface area contributed by atoms with Gasteiger partial charge in [-0.15, -0.1) is 0 Å². The third-order valence-corrected chi connectivity index (χ3v) is 4.19. The van der Waals surface area contributed by atoms with E-state index in [0.717, 1.165) is 16.7 Å². The van der Waals surface area contributed by atoms with E-state index in [1.165, 1.54) is 0 Å². The van der Waals surface area contributed by atoms with Crippen molar-refractivity contribution in [3.63, 3.8) is 0 Å². The summed E-state index contributed by atoms with van der Waals surface area (Å²) in [6, 6.07) is 24.1. The molecule has 0 radical (unpaired) electrons. The zero-order valence-corrected chi connectivity index (χ0v) is 15.9. The van der Waals surface area contributed by atoms with Crippen LogP contribution < -0.4 is 10.6 Å². The minimum absolute atomic E-state index is 0.179. The highest BCUT2D eigenvalue weighted by Crippen LogP contribution is 2.13. The van der Waals surface area contributed by atoms with Crippen LogP contribution in [0.4, 0.5) is 5.69 Å². The molecule has 28 heavy (non-hydrogen) atoms. The highest BCUT2D eigenvalue weighted by molar-refractivity contribution is 6.10. The third kappa shape index (κ3) is 5.17. The van der Waals surface area contributed by atoms with E-state index < -0.39 is 0 Å². The molecule has 0 saturated heterocycles. The molecule has 2 N–H and O–H groups in total. The fraction of sp³-hybridized carbons (Fsp3) is 0.0833. The topological polar surface area (TPSA) is 58.2 Å². The summed E-state index contributed by atoms with van der Waals surface area (Å²) in [4.78, 5) is 25.5. The fourth-order valence-electron chi connectivity index (χ4n) is 2.69. The Bertz CT molecular complexity index is 1010. The standard InChI is InChI=1S/C24H22N2O2/c1-17-11-13-21(14-12-17)25-24(28)22(16-19-8-4-3-5-9-19)26-23(27)20-10-6-7-18(2)15-20/h3-16H,1-2H3,(H,25,28)(H,26,27)/b22-16+. The van der Waals surface area contributed by atoms with Crippen molar-refractivity contribution >= 4 is 23.6 Å². The number of anilines is 1. The Morgan fingerprint density at radius 3 is 2.18 bits per heavy atom. The lowest BCUT2D eigenvalue weighted by atomic mass is 10.1. The summed E-state index contributed by atoms with van der Waals surface area (Å²) in [5, 5.41) is 5.59. The van der Waals surface area contributed by atoms with Crippen LogP contribution in [0.15, 0.2) is 84.6 Å². The van der Waals surface area contributed by atoms with Gasteiger partial charge in [0.1, 0.15) is 5.70 Å². The monoisotopic (exact) mass is 370 g/mol. The molecule has 0 heterocycles. The van der Waals surface area contributed by atoms with Crippen molar-refractivity contribution in [2.24, 2.45) is 0 Å².